The lowest BCUT2D eigenvalue weighted by molar-refractivity contribution is -0.141. The van der Waals surface area contributed by atoms with Crippen molar-refractivity contribution in [1.29, 1.82) is 0 Å². The van der Waals surface area contributed by atoms with E-state index in [2.05, 4.69) is 10.2 Å². The van der Waals surface area contributed by atoms with E-state index in [-0.39, 0.29) is 25.2 Å². The van der Waals surface area contributed by atoms with Crippen molar-refractivity contribution in [2.45, 2.75) is 24.8 Å². The molecular weight excluding hydrogens is 311 g/mol. The van der Waals surface area contributed by atoms with E-state index in [0.29, 0.717) is 0 Å². The van der Waals surface area contributed by atoms with Gasteiger partial charge >= 0.3 is 6.18 Å². The average Bonchev–Trinajstić information content (AvgIpc) is 2.92. The Morgan fingerprint density at radius 2 is 2.05 bits per heavy atom. The molecule has 0 saturated carbocycles. The van der Waals surface area contributed by atoms with E-state index >= 15 is 0 Å². The van der Waals surface area contributed by atoms with E-state index < -0.39 is 38.4 Å². The fraction of sp³-hybridized carbons (Fsp3) is 0.636. The maximum absolute atomic E-state index is 12.8. The summed E-state index contributed by atoms with van der Waals surface area (Å²) in [5.74, 6) is -0.847. The first-order chi connectivity index (χ1) is 9.51. The number of hydrogen-bond donors (Lipinski definition) is 1. The zero-order valence-corrected chi connectivity index (χ0v) is 12.2. The second-order valence-corrected chi connectivity index (χ2v) is 7.39. The van der Waals surface area contributed by atoms with Crippen LogP contribution in [0.2, 0.25) is 0 Å². The number of carbonyl (C=O) groups excluding carboxylic acids is 1. The second-order valence-electron chi connectivity index (χ2n) is 5.06. The molecule has 6 nitrogen and oxygen atoms in total. The molecular formula is C11H14F3N3O3S. The summed E-state index contributed by atoms with van der Waals surface area (Å²) in [6, 6.07) is 0. The van der Waals surface area contributed by atoms with E-state index in [1.165, 1.54) is 6.92 Å². The third kappa shape index (κ3) is 3.04. The Morgan fingerprint density at radius 1 is 1.43 bits per heavy atom. The largest absolute Gasteiger partial charge is 0.435 e. The molecule has 2 rings (SSSR count). The second kappa shape index (κ2) is 5.00. The number of amides is 1. The minimum Gasteiger partial charge on any atom is -0.337 e. The minimum atomic E-state index is -4.74. The molecule has 0 bridgehead atoms. The Morgan fingerprint density at radius 3 is 2.52 bits per heavy atom. The Hall–Kier alpha value is -1.58. The third-order valence-electron chi connectivity index (χ3n) is 3.47. The first-order valence-corrected chi connectivity index (χ1v) is 8.07. The van der Waals surface area contributed by atoms with Crippen LogP contribution in [0.5, 0.6) is 0 Å². The van der Waals surface area contributed by atoms with Gasteiger partial charge in [0.15, 0.2) is 15.5 Å². The van der Waals surface area contributed by atoms with Gasteiger partial charge in [-0.25, -0.2) is 8.42 Å². The van der Waals surface area contributed by atoms with Crippen LogP contribution >= 0.6 is 0 Å². The first-order valence-electron chi connectivity index (χ1n) is 6.12. The molecule has 1 aromatic rings. The topological polar surface area (TPSA) is 83.1 Å². The number of hydrogen-bond acceptors (Lipinski definition) is 4. The number of H-pyrrole nitrogens is 1. The van der Waals surface area contributed by atoms with Crippen molar-refractivity contribution < 1.29 is 26.4 Å². The number of halogens is 3. The molecule has 1 unspecified atom stereocenters. The highest BCUT2D eigenvalue weighted by atomic mass is 32.2. The summed E-state index contributed by atoms with van der Waals surface area (Å²) in [5.41, 5.74) is -1.81. The standard InChI is InChI=1S/C11H14F3N3O3S/c1-6-8(9(16-15-6)11(12,13)14)10(18)17-4-3-7(5-17)21(2,19)20/h7H,3-5H2,1-2H3,(H,15,16). The molecule has 1 N–H and O–H groups in total. The van der Waals surface area contributed by atoms with E-state index in [4.69, 9.17) is 0 Å². The predicted octanol–water partition coefficient (Wildman–Crippen LogP) is 0.996. The SMILES string of the molecule is Cc1[nH]nc(C(F)(F)F)c1C(=O)N1CCC(S(C)(=O)=O)C1. The van der Waals surface area contributed by atoms with Gasteiger partial charge in [0.1, 0.15) is 0 Å². The number of alkyl halides is 3. The number of nitrogens with zero attached hydrogens (tertiary/aromatic N) is 2. The van der Waals surface area contributed by atoms with Crippen LogP contribution in [0.25, 0.3) is 0 Å². The van der Waals surface area contributed by atoms with Gasteiger partial charge < -0.3 is 4.90 Å². The van der Waals surface area contributed by atoms with Crippen LogP contribution in [0.3, 0.4) is 0 Å². The molecule has 0 aromatic carbocycles. The lowest BCUT2D eigenvalue weighted by Gasteiger charge is -2.17. The lowest BCUT2D eigenvalue weighted by Crippen LogP contribution is -2.33. The van der Waals surface area contributed by atoms with Crippen LogP contribution in [0, 0.1) is 6.92 Å². The van der Waals surface area contributed by atoms with Crippen LogP contribution in [-0.2, 0) is 16.0 Å². The Kier molecular flexibility index (Phi) is 3.77. The van der Waals surface area contributed by atoms with Crippen molar-refractivity contribution in [2.75, 3.05) is 19.3 Å². The minimum absolute atomic E-state index is 0.00938. The first kappa shape index (κ1) is 15.8. The van der Waals surface area contributed by atoms with Crippen LogP contribution in [0.1, 0.15) is 28.2 Å². The molecule has 1 atom stereocenters. The maximum Gasteiger partial charge on any atom is 0.435 e. The van der Waals surface area contributed by atoms with E-state index in [1.807, 2.05) is 0 Å². The Balaban J connectivity index is 2.29. The summed E-state index contributed by atoms with van der Waals surface area (Å²) >= 11 is 0. The molecule has 21 heavy (non-hydrogen) atoms. The van der Waals surface area contributed by atoms with Crippen molar-refractivity contribution in [3.05, 3.63) is 17.0 Å². The molecule has 1 saturated heterocycles. The summed E-state index contributed by atoms with van der Waals surface area (Å²) < 4.78 is 61.4. The van der Waals surface area contributed by atoms with Gasteiger partial charge in [-0.1, -0.05) is 0 Å². The average molecular weight is 325 g/mol. The summed E-state index contributed by atoms with van der Waals surface area (Å²) in [5, 5.41) is 4.55. The van der Waals surface area contributed by atoms with Crippen molar-refractivity contribution in [2.24, 2.45) is 0 Å². The maximum atomic E-state index is 12.8. The molecule has 1 aliphatic heterocycles. The highest BCUT2D eigenvalue weighted by Gasteiger charge is 2.42. The van der Waals surface area contributed by atoms with Gasteiger partial charge in [-0.15, -0.1) is 0 Å². The summed E-state index contributed by atoms with van der Waals surface area (Å²) in [6.07, 6.45) is -3.47. The summed E-state index contributed by atoms with van der Waals surface area (Å²) in [4.78, 5) is 13.4. The molecule has 1 aliphatic rings. The van der Waals surface area contributed by atoms with E-state index in [1.54, 1.807) is 0 Å². The highest BCUT2D eigenvalue weighted by molar-refractivity contribution is 7.91. The fourth-order valence-corrected chi connectivity index (χ4v) is 3.30. The Labute approximate surface area is 119 Å². The molecule has 1 fully saturated rings. The molecule has 1 amide bonds. The van der Waals surface area contributed by atoms with E-state index in [9.17, 15) is 26.4 Å². The molecule has 2 heterocycles. The van der Waals surface area contributed by atoms with E-state index in [0.717, 1.165) is 11.2 Å². The molecule has 0 aliphatic carbocycles. The number of aromatic nitrogens is 2. The van der Waals surface area contributed by atoms with Gasteiger partial charge in [-0.3, -0.25) is 9.89 Å². The van der Waals surface area contributed by atoms with Gasteiger partial charge in [0, 0.05) is 25.0 Å². The van der Waals surface area contributed by atoms with Crippen molar-refractivity contribution in [1.82, 2.24) is 15.1 Å². The number of sulfone groups is 1. The smallest absolute Gasteiger partial charge is 0.337 e. The number of aryl methyl sites for hydroxylation is 1. The molecule has 0 spiro atoms. The number of likely N-dealkylation sites (tertiary alicyclic amines) is 1. The van der Waals surface area contributed by atoms with Crippen molar-refractivity contribution in [3.63, 3.8) is 0 Å². The third-order valence-corrected chi connectivity index (χ3v) is 5.06. The number of rotatable bonds is 2. The summed E-state index contributed by atoms with van der Waals surface area (Å²) in [7, 11) is -3.33. The Bertz CT molecular complexity index is 666. The molecule has 0 radical (unpaired) electrons. The van der Waals surface area contributed by atoms with Crippen molar-refractivity contribution in [3.8, 4) is 0 Å². The normalized spacial score (nSPS) is 20.0. The van der Waals surface area contributed by atoms with Gasteiger partial charge in [-0.05, 0) is 13.3 Å². The zero-order chi connectivity index (χ0) is 16.0. The summed E-state index contributed by atoms with van der Waals surface area (Å²) in [6.45, 7) is 1.33. The van der Waals surface area contributed by atoms with Crippen LogP contribution in [0.4, 0.5) is 13.2 Å². The number of carbonyl (C=O) groups is 1. The number of nitrogens with one attached hydrogen (secondary N) is 1. The predicted molar refractivity (Wildman–Crippen MR) is 67.5 cm³/mol. The monoisotopic (exact) mass is 325 g/mol. The highest BCUT2D eigenvalue weighted by Crippen LogP contribution is 2.32. The van der Waals surface area contributed by atoms with Crippen LogP contribution < -0.4 is 0 Å². The quantitative estimate of drug-likeness (QED) is 0.879. The number of aromatic amines is 1. The van der Waals surface area contributed by atoms with Gasteiger partial charge in [-0.2, -0.15) is 18.3 Å². The van der Waals surface area contributed by atoms with Crippen molar-refractivity contribution >= 4 is 15.7 Å². The lowest BCUT2D eigenvalue weighted by atomic mass is 10.1. The van der Waals surface area contributed by atoms with Gasteiger partial charge in [0.05, 0.1) is 10.8 Å². The van der Waals surface area contributed by atoms with Gasteiger partial charge in [0.2, 0.25) is 0 Å². The molecule has 10 heteroatoms. The molecule has 1 aromatic heterocycles. The molecule has 118 valence electrons. The van der Waals surface area contributed by atoms with Gasteiger partial charge in [0.25, 0.3) is 5.91 Å². The fourth-order valence-electron chi connectivity index (χ4n) is 2.32. The van der Waals surface area contributed by atoms with Crippen LogP contribution in [-0.4, -0.2) is 54.0 Å². The van der Waals surface area contributed by atoms with Crippen LogP contribution in [0.15, 0.2) is 0 Å². The zero-order valence-electron chi connectivity index (χ0n) is 11.4.